The van der Waals surface area contributed by atoms with Gasteiger partial charge in [0.15, 0.2) is 9.84 Å². The number of nitrogens with zero attached hydrogens (tertiary/aromatic N) is 1. The van der Waals surface area contributed by atoms with Gasteiger partial charge in [0.1, 0.15) is 11.0 Å². The van der Waals surface area contributed by atoms with Gasteiger partial charge in [-0.15, -0.1) is 0 Å². The zero-order valence-electron chi connectivity index (χ0n) is 19.4. The van der Waals surface area contributed by atoms with Crippen LogP contribution in [0.15, 0.2) is 89.8 Å². The van der Waals surface area contributed by atoms with Gasteiger partial charge in [-0.3, -0.25) is 4.79 Å². The third-order valence-electron chi connectivity index (χ3n) is 5.86. The van der Waals surface area contributed by atoms with Crippen molar-refractivity contribution < 1.29 is 22.7 Å². The fourth-order valence-corrected chi connectivity index (χ4v) is 5.74. The second-order valence-corrected chi connectivity index (χ2v) is 11.4. The Morgan fingerprint density at radius 1 is 0.882 bits per heavy atom. The van der Waals surface area contributed by atoms with Gasteiger partial charge in [-0.2, -0.15) is 0 Å². The molecule has 0 radical (unpaired) electrons. The zero-order chi connectivity index (χ0) is 24.6. The van der Waals surface area contributed by atoms with Crippen molar-refractivity contribution in [2.75, 3.05) is 10.7 Å². The largest absolute Gasteiger partial charge is 0.443 e. The van der Waals surface area contributed by atoms with E-state index in [-0.39, 0.29) is 17.1 Å². The Labute approximate surface area is 200 Å². The number of benzene rings is 3. The lowest BCUT2D eigenvalue weighted by Gasteiger charge is -2.30. The monoisotopic (exact) mass is 477 g/mol. The molecule has 3 aromatic rings. The third kappa shape index (κ3) is 4.23. The predicted octanol–water partition coefficient (Wildman–Crippen LogP) is 5.12. The number of para-hydroxylation sites is 1. The molecule has 0 bridgehead atoms. The first kappa shape index (κ1) is 23.7. The molecule has 34 heavy (non-hydrogen) atoms. The zero-order valence-corrected chi connectivity index (χ0v) is 20.2. The van der Waals surface area contributed by atoms with E-state index in [1.54, 1.807) is 99.6 Å². The maximum absolute atomic E-state index is 14.1. The Kier molecular flexibility index (Phi) is 6.08. The van der Waals surface area contributed by atoms with E-state index < -0.39 is 32.9 Å². The van der Waals surface area contributed by atoms with Gasteiger partial charge < -0.3 is 4.74 Å². The normalized spacial score (nSPS) is 18.0. The first-order valence-corrected chi connectivity index (χ1v) is 12.7. The van der Waals surface area contributed by atoms with Gasteiger partial charge in [-0.05, 0) is 56.5 Å². The second-order valence-electron chi connectivity index (χ2n) is 9.29. The smallest absolute Gasteiger partial charge is 0.421 e. The minimum atomic E-state index is -3.67. The Balaban J connectivity index is 1.84. The third-order valence-corrected chi connectivity index (χ3v) is 7.60. The molecule has 0 saturated heterocycles. The number of ether oxygens (including phenoxy) is 1. The van der Waals surface area contributed by atoms with E-state index in [0.29, 0.717) is 16.8 Å². The molecule has 0 aliphatic carbocycles. The number of amides is 2. The molecular weight excluding hydrogens is 450 g/mol. The van der Waals surface area contributed by atoms with E-state index in [9.17, 15) is 18.0 Å². The highest BCUT2D eigenvalue weighted by molar-refractivity contribution is 7.91. The fraction of sp³-hybridized carbons (Fsp3) is 0.259. The molecule has 1 atom stereocenters. The molecule has 0 fully saturated rings. The summed E-state index contributed by atoms with van der Waals surface area (Å²) in [4.78, 5) is 28.5. The maximum atomic E-state index is 14.1. The summed E-state index contributed by atoms with van der Waals surface area (Å²) in [5.41, 5.74) is -0.540. The molecular formula is C27H27NO5S. The van der Waals surface area contributed by atoms with Gasteiger partial charge in [0, 0.05) is 0 Å². The average Bonchev–Trinajstić information content (AvgIpc) is 3.06. The van der Waals surface area contributed by atoms with E-state index in [1.807, 2.05) is 6.07 Å². The van der Waals surface area contributed by atoms with Crippen LogP contribution in [-0.2, 0) is 24.8 Å². The van der Waals surface area contributed by atoms with Crippen molar-refractivity contribution in [2.45, 2.75) is 43.1 Å². The summed E-state index contributed by atoms with van der Waals surface area (Å²) >= 11 is 0. The van der Waals surface area contributed by atoms with Gasteiger partial charge >= 0.3 is 6.09 Å². The molecule has 2 amide bonds. The highest BCUT2D eigenvalue weighted by atomic mass is 32.2. The number of carbonyl (C=O) groups excluding carboxylic acids is 2. The van der Waals surface area contributed by atoms with Gasteiger partial charge in [0.05, 0.1) is 16.3 Å². The van der Waals surface area contributed by atoms with Crippen LogP contribution in [0.3, 0.4) is 0 Å². The molecule has 1 heterocycles. The molecule has 0 aromatic heterocycles. The second kappa shape index (κ2) is 8.72. The summed E-state index contributed by atoms with van der Waals surface area (Å²) in [7, 11) is -3.67. The quantitative estimate of drug-likeness (QED) is 0.510. The van der Waals surface area contributed by atoms with Crippen LogP contribution in [0, 0.1) is 0 Å². The van der Waals surface area contributed by atoms with Crippen LogP contribution in [0.2, 0.25) is 0 Å². The van der Waals surface area contributed by atoms with Crippen LogP contribution >= 0.6 is 0 Å². The topological polar surface area (TPSA) is 80.8 Å². The summed E-state index contributed by atoms with van der Waals surface area (Å²) in [6.07, 6.45) is -0.808. The molecule has 6 nitrogen and oxygen atoms in total. The Hall–Kier alpha value is -3.45. The minimum Gasteiger partial charge on any atom is -0.443 e. The number of rotatable bonds is 5. The number of anilines is 1. The summed E-state index contributed by atoms with van der Waals surface area (Å²) in [5, 5.41) is 0. The Bertz CT molecular complexity index is 1310. The highest BCUT2D eigenvalue weighted by Gasteiger charge is 2.55. The van der Waals surface area contributed by atoms with Gasteiger partial charge in [0.25, 0.3) is 5.91 Å². The molecule has 0 unspecified atom stereocenters. The van der Waals surface area contributed by atoms with Crippen LogP contribution in [0.4, 0.5) is 10.5 Å². The lowest BCUT2D eigenvalue weighted by Crippen LogP contribution is -2.46. The van der Waals surface area contributed by atoms with E-state index in [4.69, 9.17) is 4.74 Å². The van der Waals surface area contributed by atoms with Crippen LogP contribution < -0.4 is 4.90 Å². The number of carbonyl (C=O) groups is 2. The van der Waals surface area contributed by atoms with E-state index in [1.165, 1.54) is 0 Å². The SMILES string of the molecule is CC(C)(C)OC(=O)N1C(=O)[C@](CCS(=O)(=O)c2ccccc2)(c2ccccc2)c2ccccc21. The number of hydrogen-bond acceptors (Lipinski definition) is 5. The van der Waals surface area contributed by atoms with Crippen molar-refractivity contribution in [1.29, 1.82) is 0 Å². The van der Waals surface area contributed by atoms with Crippen LogP contribution in [0.5, 0.6) is 0 Å². The number of sulfone groups is 1. The van der Waals surface area contributed by atoms with Gasteiger partial charge in [-0.25, -0.2) is 18.1 Å². The van der Waals surface area contributed by atoms with Crippen LogP contribution in [0.25, 0.3) is 0 Å². The molecule has 0 N–H and O–H groups in total. The van der Waals surface area contributed by atoms with Crippen LogP contribution in [-0.4, -0.2) is 31.8 Å². The Morgan fingerprint density at radius 2 is 1.44 bits per heavy atom. The molecule has 7 heteroatoms. The minimum absolute atomic E-state index is 0.0244. The number of imide groups is 1. The first-order chi connectivity index (χ1) is 16.1. The molecule has 0 spiro atoms. The lowest BCUT2D eigenvalue weighted by molar-refractivity contribution is -0.121. The van der Waals surface area contributed by atoms with Gasteiger partial charge in [-0.1, -0.05) is 66.7 Å². The van der Waals surface area contributed by atoms with Gasteiger partial charge in [0.2, 0.25) is 0 Å². The average molecular weight is 478 g/mol. The van der Waals surface area contributed by atoms with Crippen molar-refractivity contribution in [1.82, 2.24) is 0 Å². The van der Waals surface area contributed by atoms with Crippen molar-refractivity contribution in [2.24, 2.45) is 0 Å². The summed E-state index contributed by atoms with van der Waals surface area (Å²) in [5.74, 6) is -0.786. The standard InChI is InChI=1S/C27H27NO5S/c1-26(2,3)33-25(30)28-23-17-11-10-16-22(23)27(24(28)29,20-12-6-4-7-13-20)18-19-34(31,32)21-14-8-5-9-15-21/h4-17H,18-19H2,1-3H3/t27-/m1/s1. The summed E-state index contributed by atoms with van der Waals surface area (Å²) in [6, 6.07) is 24.2. The van der Waals surface area contributed by atoms with Crippen molar-refractivity contribution in [3.8, 4) is 0 Å². The molecule has 176 valence electrons. The molecule has 1 aliphatic heterocycles. The van der Waals surface area contributed by atoms with Crippen molar-refractivity contribution in [3.05, 3.63) is 96.1 Å². The summed E-state index contributed by atoms with van der Waals surface area (Å²) < 4.78 is 31.9. The van der Waals surface area contributed by atoms with E-state index in [2.05, 4.69) is 0 Å². The molecule has 0 saturated carbocycles. The number of fused-ring (bicyclic) bond motifs is 1. The van der Waals surface area contributed by atoms with Crippen molar-refractivity contribution >= 4 is 27.5 Å². The van der Waals surface area contributed by atoms with E-state index >= 15 is 0 Å². The lowest BCUT2D eigenvalue weighted by atomic mass is 9.73. The summed E-state index contributed by atoms with van der Waals surface area (Å²) in [6.45, 7) is 5.19. The highest BCUT2D eigenvalue weighted by Crippen LogP contribution is 2.49. The maximum Gasteiger partial charge on any atom is 0.421 e. The first-order valence-electron chi connectivity index (χ1n) is 11.1. The fourth-order valence-electron chi connectivity index (χ4n) is 4.35. The molecule has 1 aliphatic rings. The molecule has 3 aromatic carbocycles. The predicted molar refractivity (Wildman–Crippen MR) is 130 cm³/mol. The van der Waals surface area contributed by atoms with Crippen molar-refractivity contribution in [3.63, 3.8) is 0 Å². The molecule has 4 rings (SSSR count). The van der Waals surface area contributed by atoms with Crippen LogP contribution in [0.1, 0.15) is 38.3 Å². The van der Waals surface area contributed by atoms with E-state index in [0.717, 1.165) is 4.90 Å². The number of hydrogen-bond donors (Lipinski definition) is 0. The Morgan fingerprint density at radius 3 is 2.06 bits per heavy atom.